The number of hydrogen-bond donors (Lipinski definition) is 0. The first-order valence-electron chi connectivity index (χ1n) is 10.1. The summed E-state index contributed by atoms with van der Waals surface area (Å²) in [6.45, 7) is 0. The highest BCUT2D eigenvalue weighted by atomic mass is 35.5. The Hall–Kier alpha value is -3.65. The number of esters is 2. The van der Waals surface area contributed by atoms with Gasteiger partial charge in [-0.25, -0.2) is 18.0 Å². The molecule has 0 bridgehead atoms. The van der Waals surface area contributed by atoms with E-state index in [1.807, 2.05) is 0 Å². The van der Waals surface area contributed by atoms with Crippen molar-refractivity contribution in [2.45, 2.75) is 9.79 Å². The van der Waals surface area contributed by atoms with Gasteiger partial charge in [-0.2, -0.15) is 0 Å². The highest BCUT2D eigenvalue weighted by Crippen LogP contribution is 2.26. The van der Waals surface area contributed by atoms with Crippen LogP contribution in [0.3, 0.4) is 0 Å². The Balaban J connectivity index is 1.45. The minimum absolute atomic E-state index is 0.00345. The number of sulfone groups is 1. The maximum Gasteiger partial charge on any atom is 0.343 e. The summed E-state index contributed by atoms with van der Waals surface area (Å²) in [5, 5.41) is 0.789. The first-order chi connectivity index (χ1) is 16.7. The van der Waals surface area contributed by atoms with Gasteiger partial charge in [-0.3, -0.25) is 0 Å². The maximum atomic E-state index is 13.0. The van der Waals surface area contributed by atoms with Gasteiger partial charge in [0.2, 0.25) is 9.84 Å². The van der Waals surface area contributed by atoms with Gasteiger partial charge in [-0.1, -0.05) is 35.3 Å². The van der Waals surface area contributed by atoms with E-state index < -0.39 is 21.8 Å². The molecule has 0 N–H and O–H groups in total. The molecule has 0 spiro atoms. The molecule has 0 saturated heterocycles. The van der Waals surface area contributed by atoms with Crippen LogP contribution < -0.4 is 9.47 Å². The van der Waals surface area contributed by atoms with Gasteiger partial charge in [0, 0.05) is 10.0 Å². The number of carbonyl (C=O) groups is 2. The van der Waals surface area contributed by atoms with Crippen molar-refractivity contribution in [3.8, 4) is 11.5 Å². The van der Waals surface area contributed by atoms with Crippen molar-refractivity contribution in [1.29, 1.82) is 0 Å². The third-order valence-corrected chi connectivity index (χ3v) is 7.07. The van der Waals surface area contributed by atoms with Crippen LogP contribution in [0.4, 0.5) is 0 Å². The van der Waals surface area contributed by atoms with Crippen LogP contribution in [-0.4, -0.2) is 20.4 Å². The number of halogens is 2. The predicted octanol–water partition coefficient (Wildman–Crippen LogP) is 6.26. The molecule has 0 heterocycles. The van der Waals surface area contributed by atoms with Crippen LogP contribution in [0.25, 0.3) is 0 Å². The first kappa shape index (κ1) is 24.5. The van der Waals surface area contributed by atoms with Gasteiger partial charge in [-0.05, 0) is 84.9 Å². The Labute approximate surface area is 211 Å². The monoisotopic (exact) mass is 526 g/mol. The Morgan fingerprint density at radius 1 is 0.571 bits per heavy atom. The van der Waals surface area contributed by atoms with Crippen molar-refractivity contribution >= 4 is 45.0 Å². The fourth-order valence-electron chi connectivity index (χ4n) is 3.07. The van der Waals surface area contributed by atoms with Crippen LogP contribution in [0.15, 0.2) is 107 Å². The molecule has 0 amide bonds. The molecular formula is C26H16Cl2O6S. The predicted molar refractivity (Wildman–Crippen MR) is 131 cm³/mol. The molecule has 0 fully saturated rings. The van der Waals surface area contributed by atoms with Gasteiger partial charge in [-0.15, -0.1) is 0 Å². The number of rotatable bonds is 6. The molecule has 0 unspecified atom stereocenters. The molecule has 35 heavy (non-hydrogen) atoms. The lowest BCUT2D eigenvalue weighted by Gasteiger charge is -2.09. The fourth-order valence-corrected chi connectivity index (χ4v) is 4.71. The van der Waals surface area contributed by atoms with Crippen molar-refractivity contribution in [1.82, 2.24) is 0 Å². The van der Waals surface area contributed by atoms with Crippen molar-refractivity contribution in [3.05, 3.63) is 118 Å². The molecule has 4 rings (SSSR count). The molecule has 0 aliphatic rings. The van der Waals surface area contributed by atoms with Crippen molar-refractivity contribution in [3.63, 3.8) is 0 Å². The molecular weight excluding hydrogens is 511 g/mol. The Kier molecular flexibility index (Phi) is 7.21. The SMILES string of the molecule is O=C(Oc1ccc(S(=O)(=O)c2ccc(OC(=O)c3cccc(Cl)c3)cc2)cc1)c1cccc(Cl)c1. The molecule has 176 valence electrons. The van der Waals surface area contributed by atoms with Crippen LogP contribution >= 0.6 is 23.2 Å². The molecule has 0 saturated carbocycles. The molecule has 0 aromatic heterocycles. The first-order valence-corrected chi connectivity index (χ1v) is 12.4. The normalized spacial score (nSPS) is 11.0. The second kappa shape index (κ2) is 10.3. The summed E-state index contributed by atoms with van der Waals surface area (Å²) < 4.78 is 36.5. The van der Waals surface area contributed by atoms with E-state index >= 15 is 0 Å². The van der Waals surface area contributed by atoms with Crippen LogP contribution in [-0.2, 0) is 9.84 Å². The zero-order valence-corrected chi connectivity index (χ0v) is 20.2. The zero-order valence-electron chi connectivity index (χ0n) is 17.9. The Morgan fingerprint density at radius 3 is 1.29 bits per heavy atom. The lowest BCUT2D eigenvalue weighted by atomic mass is 10.2. The van der Waals surface area contributed by atoms with Gasteiger partial charge in [0.15, 0.2) is 0 Å². The van der Waals surface area contributed by atoms with Gasteiger partial charge in [0.1, 0.15) is 11.5 Å². The van der Waals surface area contributed by atoms with E-state index in [2.05, 4.69) is 0 Å². The van der Waals surface area contributed by atoms with Crippen LogP contribution in [0.5, 0.6) is 11.5 Å². The van der Waals surface area contributed by atoms with E-state index in [1.165, 1.54) is 60.7 Å². The lowest BCUT2D eigenvalue weighted by molar-refractivity contribution is 0.0725. The highest BCUT2D eigenvalue weighted by molar-refractivity contribution is 7.91. The summed E-state index contributed by atoms with van der Waals surface area (Å²) in [5.41, 5.74) is 0.538. The van der Waals surface area contributed by atoms with E-state index in [4.69, 9.17) is 32.7 Å². The van der Waals surface area contributed by atoms with Gasteiger partial charge < -0.3 is 9.47 Å². The summed E-state index contributed by atoms with van der Waals surface area (Å²) in [7, 11) is -3.86. The number of hydrogen-bond acceptors (Lipinski definition) is 6. The minimum atomic E-state index is -3.86. The third-order valence-electron chi connectivity index (χ3n) is 4.81. The van der Waals surface area contributed by atoms with Gasteiger partial charge >= 0.3 is 11.9 Å². The van der Waals surface area contributed by atoms with Crippen LogP contribution in [0, 0.1) is 0 Å². The summed E-state index contributed by atoms with van der Waals surface area (Å²) in [4.78, 5) is 24.5. The smallest absolute Gasteiger partial charge is 0.343 e. The molecule has 0 aliphatic carbocycles. The Bertz CT molecular complexity index is 1390. The van der Waals surface area contributed by atoms with Gasteiger partial charge in [0.05, 0.1) is 20.9 Å². The highest BCUT2D eigenvalue weighted by Gasteiger charge is 2.19. The van der Waals surface area contributed by atoms with Crippen LogP contribution in [0.2, 0.25) is 10.0 Å². The largest absolute Gasteiger partial charge is 0.423 e. The van der Waals surface area contributed by atoms with Gasteiger partial charge in [0.25, 0.3) is 0 Å². The molecule has 4 aromatic rings. The number of benzene rings is 4. The Morgan fingerprint density at radius 2 is 0.943 bits per heavy atom. The summed E-state index contributed by atoms with van der Waals surface area (Å²) in [6, 6.07) is 23.5. The number of ether oxygens (including phenoxy) is 2. The molecule has 0 aliphatic heterocycles. The van der Waals surface area contributed by atoms with Crippen molar-refractivity contribution in [2.75, 3.05) is 0 Å². The van der Waals surface area contributed by atoms with E-state index in [9.17, 15) is 18.0 Å². The van der Waals surface area contributed by atoms with Crippen LogP contribution in [0.1, 0.15) is 20.7 Å². The molecule has 0 atom stereocenters. The molecule has 6 nitrogen and oxygen atoms in total. The second-order valence-electron chi connectivity index (χ2n) is 7.25. The molecule has 0 radical (unpaired) electrons. The van der Waals surface area contributed by atoms with Crippen molar-refractivity contribution in [2.24, 2.45) is 0 Å². The third kappa shape index (κ3) is 5.89. The molecule has 9 heteroatoms. The van der Waals surface area contributed by atoms with E-state index in [0.717, 1.165) is 0 Å². The summed E-state index contributed by atoms with van der Waals surface area (Å²) in [5.74, 6) is -0.883. The van der Waals surface area contributed by atoms with E-state index in [1.54, 1.807) is 36.4 Å². The summed E-state index contributed by atoms with van der Waals surface area (Å²) >= 11 is 11.8. The summed E-state index contributed by atoms with van der Waals surface area (Å²) in [6.07, 6.45) is 0. The maximum absolute atomic E-state index is 13.0. The lowest BCUT2D eigenvalue weighted by Crippen LogP contribution is -2.09. The minimum Gasteiger partial charge on any atom is -0.423 e. The fraction of sp³-hybridized carbons (Fsp3) is 0. The quantitative estimate of drug-likeness (QED) is 0.217. The second-order valence-corrected chi connectivity index (χ2v) is 10.1. The average molecular weight is 527 g/mol. The van der Waals surface area contributed by atoms with E-state index in [0.29, 0.717) is 10.0 Å². The molecule has 4 aromatic carbocycles. The van der Waals surface area contributed by atoms with E-state index in [-0.39, 0.29) is 32.4 Å². The van der Waals surface area contributed by atoms with Crippen molar-refractivity contribution < 1.29 is 27.5 Å². The average Bonchev–Trinajstić information content (AvgIpc) is 2.85. The topological polar surface area (TPSA) is 86.7 Å². The zero-order chi connectivity index (χ0) is 25.0. The number of carbonyl (C=O) groups excluding carboxylic acids is 2. The standard InChI is InChI=1S/C26H16Cl2O6S/c27-19-5-1-3-17(15-19)25(29)33-21-7-11-23(12-8-21)35(31,32)24-13-9-22(10-14-24)34-26(30)18-4-2-6-20(28)16-18/h1-16H.